The molecule has 1 saturated carbocycles. The molecule has 1 aromatic carbocycles. The maximum absolute atomic E-state index is 12.3. The Morgan fingerprint density at radius 1 is 1.29 bits per heavy atom. The molecule has 0 heterocycles. The van der Waals surface area contributed by atoms with Crippen LogP contribution in [0.5, 0.6) is 0 Å². The van der Waals surface area contributed by atoms with Gasteiger partial charge in [-0.15, -0.1) is 23.2 Å². The highest BCUT2D eigenvalue weighted by Gasteiger charge is 2.72. The van der Waals surface area contributed by atoms with Crippen LogP contribution >= 0.6 is 23.2 Å². The van der Waals surface area contributed by atoms with Crippen LogP contribution in [-0.2, 0) is 10.2 Å². The molecule has 0 aromatic heterocycles. The third-order valence-corrected chi connectivity index (χ3v) is 3.97. The van der Waals surface area contributed by atoms with Gasteiger partial charge in [-0.1, -0.05) is 30.3 Å². The zero-order valence-corrected chi connectivity index (χ0v) is 11.3. The molecule has 0 saturated heterocycles. The predicted octanol–water partition coefficient (Wildman–Crippen LogP) is 3.03. The second-order valence-electron chi connectivity index (χ2n) is 4.78. The molecule has 2 nitrogen and oxygen atoms in total. The minimum absolute atomic E-state index is 0.0767. The Morgan fingerprint density at radius 3 is 2.24 bits per heavy atom. The lowest BCUT2D eigenvalue weighted by atomic mass is 9.94. The summed E-state index contributed by atoms with van der Waals surface area (Å²) in [5, 5.41) is 2.89. The predicted molar refractivity (Wildman–Crippen MR) is 70.5 cm³/mol. The van der Waals surface area contributed by atoms with Gasteiger partial charge in [-0.2, -0.15) is 0 Å². The first-order chi connectivity index (χ1) is 7.90. The Labute approximate surface area is 111 Å². The van der Waals surface area contributed by atoms with E-state index in [2.05, 4.69) is 5.32 Å². The lowest BCUT2D eigenvalue weighted by molar-refractivity contribution is -0.124. The monoisotopic (exact) mass is 271 g/mol. The van der Waals surface area contributed by atoms with Gasteiger partial charge in [0.2, 0.25) is 5.91 Å². The van der Waals surface area contributed by atoms with E-state index in [4.69, 9.17) is 23.2 Å². The molecule has 0 bridgehead atoms. The van der Waals surface area contributed by atoms with E-state index in [0.29, 0.717) is 6.42 Å². The van der Waals surface area contributed by atoms with Crippen LogP contribution in [0.2, 0.25) is 0 Å². The second kappa shape index (κ2) is 4.18. The van der Waals surface area contributed by atoms with E-state index < -0.39 is 9.75 Å². The Bertz CT molecular complexity index is 430. The van der Waals surface area contributed by atoms with Crippen molar-refractivity contribution in [1.82, 2.24) is 5.32 Å². The standard InChI is InChI=1S/C13H15Cl2NO/c1-9(2)16-11(17)12(8-13(12,14)15)10-6-4-3-5-7-10/h3-7,9H,8H2,1-2H3,(H,16,17)/t12-/m1/s1. The smallest absolute Gasteiger partial charge is 0.234 e. The van der Waals surface area contributed by atoms with E-state index in [0.717, 1.165) is 5.56 Å². The highest BCUT2D eigenvalue weighted by molar-refractivity contribution is 6.54. The van der Waals surface area contributed by atoms with Gasteiger partial charge in [0.1, 0.15) is 9.75 Å². The van der Waals surface area contributed by atoms with Gasteiger partial charge in [0, 0.05) is 12.5 Å². The summed E-state index contributed by atoms with van der Waals surface area (Å²) in [5.41, 5.74) is 0.0879. The van der Waals surface area contributed by atoms with Crippen molar-refractivity contribution in [2.45, 2.75) is 36.1 Å². The zero-order valence-electron chi connectivity index (χ0n) is 9.84. The number of carbonyl (C=O) groups excluding carboxylic acids is 1. The summed E-state index contributed by atoms with van der Waals surface area (Å²) in [6.07, 6.45) is 0.464. The number of halogens is 2. The van der Waals surface area contributed by atoms with Gasteiger partial charge in [-0.05, 0) is 19.4 Å². The molecular formula is C13H15Cl2NO. The molecule has 1 atom stereocenters. The number of nitrogens with one attached hydrogen (secondary N) is 1. The van der Waals surface area contributed by atoms with Crippen molar-refractivity contribution in [3.8, 4) is 0 Å². The van der Waals surface area contributed by atoms with Crippen LogP contribution < -0.4 is 5.32 Å². The summed E-state index contributed by atoms with van der Waals surface area (Å²) in [6.45, 7) is 3.84. The average Bonchev–Trinajstić information content (AvgIpc) is 2.84. The fraction of sp³-hybridized carbons (Fsp3) is 0.462. The summed E-state index contributed by atoms with van der Waals surface area (Å²) in [5.74, 6) is -0.0938. The molecule has 1 aliphatic rings. The summed E-state index contributed by atoms with van der Waals surface area (Å²) in [7, 11) is 0. The molecule has 1 aromatic rings. The Kier molecular flexibility index (Phi) is 3.13. The molecule has 17 heavy (non-hydrogen) atoms. The highest BCUT2D eigenvalue weighted by Crippen LogP contribution is 2.64. The molecule has 1 fully saturated rings. The minimum atomic E-state index is -0.993. The van der Waals surface area contributed by atoms with E-state index >= 15 is 0 Å². The van der Waals surface area contributed by atoms with Gasteiger partial charge in [-0.25, -0.2) is 0 Å². The molecule has 2 rings (SSSR count). The Morgan fingerprint density at radius 2 is 1.82 bits per heavy atom. The summed E-state index contributed by atoms with van der Waals surface area (Å²) in [4.78, 5) is 12.3. The van der Waals surface area contributed by atoms with E-state index in [1.807, 2.05) is 44.2 Å². The molecular weight excluding hydrogens is 257 g/mol. The Balaban J connectivity index is 2.34. The minimum Gasteiger partial charge on any atom is -0.353 e. The molecule has 4 heteroatoms. The van der Waals surface area contributed by atoms with Gasteiger partial charge in [0.15, 0.2) is 0 Å². The largest absolute Gasteiger partial charge is 0.353 e. The van der Waals surface area contributed by atoms with E-state index in [1.54, 1.807) is 0 Å². The lowest BCUT2D eigenvalue weighted by Gasteiger charge is -2.20. The van der Waals surface area contributed by atoms with Crippen molar-refractivity contribution >= 4 is 29.1 Å². The molecule has 0 spiro atoms. The van der Waals surface area contributed by atoms with E-state index in [1.165, 1.54) is 0 Å². The maximum Gasteiger partial charge on any atom is 0.234 e. The molecule has 0 radical (unpaired) electrons. The van der Waals surface area contributed by atoms with E-state index in [9.17, 15) is 4.79 Å². The van der Waals surface area contributed by atoms with Gasteiger partial charge >= 0.3 is 0 Å². The average molecular weight is 272 g/mol. The molecule has 0 aliphatic heterocycles. The van der Waals surface area contributed by atoms with Gasteiger partial charge in [0.05, 0.1) is 0 Å². The first-order valence-corrected chi connectivity index (χ1v) is 6.40. The summed E-state index contributed by atoms with van der Waals surface area (Å²) >= 11 is 12.4. The third-order valence-electron chi connectivity index (χ3n) is 3.06. The van der Waals surface area contributed by atoms with Crippen molar-refractivity contribution in [3.63, 3.8) is 0 Å². The van der Waals surface area contributed by atoms with Crippen LogP contribution in [0.25, 0.3) is 0 Å². The van der Waals surface area contributed by atoms with Crippen LogP contribution in [0.1, 0.15) is 25.8 Å². The third kappa shape index (κ3) is 2.04. The number of amides is 1. The van der Waals surface area contributed by atoms with Crippen molar-refractivity contribution in [2.24, 2.45) is 0 Å². The van der Waals surface area contributed by atoms with Crippen LogP contribution in [0, 0.1) is 0 Å². The van der Waals surface area contributed by atoms with Crippen molar-refractivity contribution in [3.05, 3.63) is 35.9 Å². The maximum atomic E-state index is 12.3. The summed E-state index contributed by atoms with van der Waals surface area (Å²) in [6, 6.07) is 9.56. The van der Waals surface area contributed by atoms with Gasteiger partial charge in [0.25, 0.3) is 0 Å². The fourth-order valence-electron chi connectivity index (χ4n) is 2.09. The first-order valence-electron chi connectivity index (χ1n) is 5.64. The van der Waals surface area contributed by atoms with Crippen LogP contribution in [0.15, 0.2) is 30.3 Å². The number of hydrogen-bond acceptors (Lipinski definition) is 1. The quantitative estimate of drug-likeness (QED) is 0.842. The number of hydrogen-bond donors (Lipinski definition) is 1. The molecule has 1 aliphatic carbocycles. The number of rotatable bonds is 3. The number of alkyl halides is 2. The van der Waals surface area contributed by atoms with E-state index in [-0.39, 0.29) is 11.9 Å². The topological polar surface area (TPSA) is 29.1 Å². The van der Waals surface area contributed by atoms with Crippen molar-refractivity contribution in [2.75, 3.05) is 0 Å². The van der Waals surface area contributed by atoms with Crippen molar-refractivity contribution < 1.29 is 4.79 Å². The zero-order chi connectivity index (χ0) is 12.7. The van der Waals surface area contributed by atoms with Crippen LogP contribution in [-0.4, -0.2) is 16.3 Å². The van der Waals surface area contributed by atoms with Gasteiger partial charge < -0.3 is 5.32 Å². The van der Waals surface area contributed by atoms with Crippen LogP contribution in [0.4, 0.5) is 0 Å². The number of carbonyl (C=O) groups is 1. The number of benzene rings is 1. The Hall–Kier alpha value is -0.730. The first kappa shape index (κ1) is 12.7. The molecule has 0 unspecified atom stereocenters. The van der Waals surface area contributed by atoms with Crippen molar-refractivity contribution in [1.29, 1.82) is 0 Å². The van der Waals surface area contributed by atoms with Crippen LogP contribution in [0.3, 0.4) is 0 Å². The molecule has 1 amide bonds. The fourth-order valence-corrected chi connectivity index (χ4v) is 2.88. The normalized spacial score (nSPS) is 25.7. The highest BCUT2D eigenvalue weighted by atomic mass is 35.5. The lowest BCUT2D eigenvalue weighted by Crippen LogP contribution is -2.41. The second-order valence-corrected chi connectivity index (χ2v) is 6.26. The SMILES string of the molecule is CC(C)NC(=O)[C@]1(c2ccccc2)CC1(Cl)Cl. The van der Waals surface area contributed by atoms with Gasteiger partial charge in [-0.3, -0.25) is 4.79 Å². The molecule has 1 N–H and O–H groups in total. The summed E-state index contributed by atoms with van der Waals surface area (Å²) < 4.78 is -0.993. The molecule has 92 valence electrons.